The lowest BCUT2D eigenvalue weighted by Gasteiger charge is -2.20. The average molecular weight is 328 g/mol. The van der Waals surface area contributed by atoms with Crippen LogP contribution in [0.2, 0.25) is 0 Å². The molecule has 1 aromatic carbocycles. The van der Waals surface area contributed by atoms with Crippen LogP contribution in [0, 0.1) is 5.92 Å². The van der Waals surface area contributed by atoms with Crippen molar-refractivity contribution in [3.63, 3.8) is 0 Å². The molecule has 0 radical (unpaired) electrons. The van der Waals surface area contributed by atoms with Crippen LogP contribution in [0.25, 0.3) is 0 Å². The van der Waals surface area contributed by atoms with Gasteiger partial charge in [-0.3, -0.25) is 4.79 Å². The number of nitrogens with one attached hydrogen (secondary N) is 1. The molecule has 0 bridgehead atoms. The van der Waals surface area contributed by atoms with Gasteiger partial charge in [0.2, 0.25) is 0 Å². The van der Waals surface area contributed by atoms with E-state index in [1.54, 1.807) is 0 Å². The smallest absolute Gasteiger partial charge is 0.253 e. The maximum Gasteiger partial charge on any atom is 0.253 e. The molecule has 1 aliphatic rings. The van der Waals surface area contributed by atoms with Crippen molar-refractivity contribution < 1.29 is 4.79 Å². The highest BCUT2D eigenvalue weighted by molar-refractivity contribution is 7.10. The predicted molar refractivity (Wildman–Crippen MR) is 95.8 cm³/mol. The van der Waals surface area contributed by atoms with Crippen molar-refractivity contribution in [1.29, 1.82) is 0 Å². The van der Waals surface area contributed by atoms with Crippen LogP contribution in [0.4, 0.5) is 0 Å². The predicted octanol–water partition coefficient (Wildman–Crippen LogP) is 3.95. The zero-order chi connectivity index (χ0) is 16.1. The van der Waals surface area contributed by atoms with E-state index in [1.807, 2.05) is 46.6 Å². The first-order valence-electron chi connectivity index (χ1n) is 8.39. The average Bonchev–Trinajstić information content (AvgIpc) is 3.27. The second kappa shape index (κ2) is 7.75. The SMILES string of the molecule is CC[C@@H](NC[C@@H]1CCN(C(=O)c2ccccc2)C1)c1cccs1. The van der Waals surface area contributed by atoms with E-state index in [9.17, 15) is 4.79 Å². The Morgan fingerprint density at radius 3 is 2.83 bits per heavy atom. The van der Waals surface area contributed by atoms with Crippen molar-refractivity contribution in [2.75, 3.05) is 19.6 Å². The molecular formula is C19H24N2OS. The van der Waals surface area contributed by atoms with Gasteiger partial charge in [0.05, 0.1) is 0 Å². The molecule has 4 heteroatoms. The van der Waals surface area contributed by atoms with Crippen LogP contribution >= 0.6 is 11.3 Å². The highest BCUT2D eigenvalue weighted by Crippen LogP contribution is 2.23. The van der Waals surface area contributed by atoms with Gasteiger partial charge in [-0.2, -0.15) is 0 Å². The van der Waals surface area contributed by atoms with Crippen LogP contribution in [0.15, 0.2) is 47.8 Å². The lowest BCUT2D eigenvalue weighted by atomic mass is 10.1. The highest BCUT2D eigenvalue weighted by atomic mass is 32.1. The van der Waals surface area contributed by atoms with Gasteiger partial charge in [0.1, 0.15) is 0 Å². The minimum Gasteiger partial charge on any atom is -0.338 e. The monoisotopic (exact) mass is 328 g/mol. The Hall–Kier alpha value is -1.65. The first-order valence-corrected chi connectivity index (χ1v) is 9.27. The molecule has 1 aromatic heterocycles. The Kier molecular flexibility index (Phi) is 5.47. The summed E-state index contributed by atoms with van der Waals surface area (Å²) in [6.45, 7) is 4.93. The standard InChI is InChI=1S/C19H24N2OS/c1-2-17(18-9-6-12-23-18)20-13-15-10-11-21(14-15)19(22)16-7-4-3-5-8-16/h3-9,12,15,17,20H,2,10-11,13-14H2,1H3/t15-,17+/m0/s1. The van der Waals surface area contributed by atoms with Crippen molar-refractivity contribution in [3.8, 4) is 0 Å². The van der Waals surface area contributed by atoms with Gasteiger partial charge >= 0.3 is 0 Å². The van der Waals surface area contributed by atoms with E-state index < -0.39 is 0 Å². The van der Waals surface area contributed by atoms with Gasteiger partial charge in [0.15, 0.2) is 0 Å². The van der Waals surface area contributed by atoms with Crippen molar-refractivity contribution in [2.45, 2.75) is 25.8 Å². The quantitative estimate of drug-likeness (QED) is 0.871. The lowest BCUT2D eigenvalue weighted by molar-refractivity contribution is 0.0787. The second-order valence-electron chi connectivity index (χ2n) is 6.16. The van der Waals surface area contributed by atoms with Gasteiger partial charge in [-0.05, 0) is 42.3 Å². The molecule has 0 unspecified atom stereocenters. The van der Waals surface area contributed by atoms with Crippen molar-refractivity contribution in [2.24, 2.45) is 5.92 Å². The third kappa shape index (κ3) is 4.01. The Morgan fingerprint density at radius 1 is 1.30 bits per heavy atom. The van der Waals surface area contributed by atoms with Crippen molar-refractivity contribution in [3.05, 3.63) is 58.3 Å². The summed E-state index contributed by atoms with van der Waals surface area (Å²) in [5.41, 5.74) is 0.797. The molecule has 0 saturated carbocycles. The number of rotatable bonds is 6. The summed E-state index contributed by atoms with van der Waals surface area (Å²) < 4.78 is 0. The zero-order valence-electron chi connectivity index (χ0n) is 13.6. The third-order valence-electron chi connectivity index (χ3n) is 4.54. The Bertz CT molecular complexity index is 612. The van der Waals surface area contributed by atoms with E-state index in [1.165, 1.54) is 4.88 Å². The number of carbonyl (C=O) groups excluding carboxylic acids is 1. The van der Waals surface area contributed by atoms with Crippen LogP contribution in [-0.4, -0.2) is 30.4 Å². The number of likely N-dealkylation sites (tertiary alicyclic amines) is 1. The molecule has 1 amide bonds. The molecule has 1 aliphatic heterocycles. The van der Waals surface area contributed by atoms with Gasteiger partial charge < -0.3 is 10.2 Å². The highest BCUT2D eigenvalue weighted by Gasteiger charge is 2.27. The number of carbonyl (C=O) groups is 1. The molecule has 2 atom stereocenters. The van der Waals surface area contributed by atoms with E-state index in [-0.39, 0.29) is 5.91 Å². The molecule has 0 spiro atoms. The van der Waals surface area contributed by atoms with Gasteiger partial charge in [-0.15, -0.1) is 11.3 Å². The largest absolute Gasteiger partial charge is 0.338 e. The van der Waals surface area contributed by atoms with E-state index >= 15 is 0 Å². The molecule has 1 fully saturated rings. The van der Waals surface area contributed by atoms with Gasteiger partial charge in [0.25, 0.3) is 5.91 Å². The third-order valence-corrected chi connectivity index (χ3v) is 5.53. The summed E-state index contributed by atoms with van der Waals surface area (Å²) >= 11 is 1.81. The molecule has 2 heterocycles. The molecule has 3 rings (SSSR count). The van der Waals surface area contributed by atoms with E-state index in [4.69, 9.17) is 0 Å². The summed E-state index contributed by atoms with van der Waals surface area (Å²) in [5, 5.41) is 5.82. The van der Waals surface area contributed by atoms with E-state index in [0.29, 0.717) is 12.0 Å². The fraction of sp³-hybridized carbons (Fsp3) is 0.421. The lowest BCUT2D eigenvalue weighted by Crippen LogP contribution is -2.31. The van der Waals surface area contributed by atoms with Gasteiger partial charge in [-0.25, -0.2) is 0 Å². The van der Waals surface area contributed by atoms with Gasteiger partial charge in [0, 0.05) is 36.1 Å². The summed E-state index contributed by atoms with van der Waals surface area (Å²) in [5.74, 6) is 0.718. The molecule has 1 saturated heterocycles. The molecule has 122 valence electrons. The molecular weight excluding hydrogens is 304 g/mol. The minimum absolute atomic E-state index is 0.165. The van der Waals surface area contributed by atoms with Crippen LogP contribution in [-0.2, 0) is 0 Å². The van der Waals surface area contributed by atoms with Crippen molar-refractivity contribution in [1.82, 2.24) is 10.2 Å². The topological polar surface area (TPSA) is 32.3 Å². The van der Waals surface area contributed by atoms with E-state index in [0.717, 1.165) is 38.0 Å². The maximum absolute atomic E-state index is 12.5. The molecule has 23 heavy (non-hydrogen) atoms. The van der Waals surface area contributed by atoms with Crippen LogP contribution in [0.3, 0.4) is 0 Å². The van der Waals surface area contributed by atoms with Crippen LogP contribution < -0.4 is 5.32 Å². The fourth-order valence-electron chi connectivity index (χ4n) is 3.19. The molecule has 1 N–H and O–H groups in total. The molecule has 0 aliphatic carbocycles. The van der Waals surface area contributed by atoms with Crippen LogP contribution in [0.5, 0.6) is 0 Å². The number of hydrogen-bond donors (Lipinski definition) is 1. The van der Waals surface area contributed by atoms with Gasteiger partial charge in [-0.1, -0.05) is 31.2 Å². The number of hydrogen-bond acceptors (Lipinski definition) is 3. The number of nitrogens with zero attached hydrogens (tertiary/aromatic N) is 1. The Labute approximate surface area is 142 Å². The van der Waals surface area contributed by atoms with Crippen LogP contribution in [0.1, 0.15) is 41.0 Å². The Morgan fingerprint density at radius 2 is 2.13 bits per heavy atom. The summed E-state index contributed by atoms with van der Waals surface area (Å²) in [6.07, 6.45) is 2.19. The minimum atomic E-state index is 0.165. The summed E-state index contributed by atoms with van der Waals surface area (Å²) in [6, 6.07) is 14.4. The number of benzene rings is 1. The second-order valence-corrected chi connectivity index (χ2v) is 7.14. The Balaban J connectivity index is 1.51. The summed E-state index contributed by atoms with van der Waals surface area (Å²) in [4.78, 5) is 15.9. The number of thiophene rings is 1. The zero-order valence-corrected chi connectivity index (χ0v) is 14.4. The first kappa shape index (κ1) is 16.2. The number of amides is 1. The molecule has 2 aromatic rings. The normalized spacial score (nSPS) is 19.0. The maximum atomic E-state index is 12.5. The van der Waals surface area contributed by atoms with E-state index in [2.05, 4.69) is 29.8 Å². The fourth-order valence-corrected chi connectivity index (χ4v) is 4.08. The first-order chi connectivity index (χ1) is 11.3. The molecule has 3 nitrogen and oxygen atoms in total. The summed E-state index contributed by atoms with van der Waals surface area (Å²) in [7, 11) is 0. The van der Waals surface area contributed by atoms with Crippen molar-refractivity contribution >= 4 is 17.2 Å².